The van der Waals surface area contributed by atoms with Gasteiger partial charge in [-0.2, -0.15) is 0 Å². The van der Waals surface area contributed by atoms with Crippen LogP contribution < -0.4 is 0 Å². The molecule has 1 heterocycles. The molecule has 2 aliphatic rings. The quantitative estimate of drug-likeness (QED) is 0.681. The Morgan fingerprint density at radius 3 is 2.91 bits per heavy atom. The molecule has 120 valence electrons. The first kappa shape index (κ1) is 15.4. The van der Waals surface area contributed by atoms with Crippen molar-refractivity contribution in [3.05, 3.63) is 64.6 Å². The normalized spacial score (nSPS) is 17.9. The van der Waals surface area contributed by atoms with E-state index in [9.17, 15) is 9.90 Å². The van der Waals surface area contributed by atoms with Gasteiger partial charge in [-0.05, 0) is 43.2 Å². The standard InChI is InChI=1S/C19H20O4/c1-13-3-6-16(20)15(11-13)17(21)7-4-14-5-8-18-19(12-14)23-10-2-9-22-18/h3-4,6-7,11-12,20H,2,5,8-10H2,1H3. The first-order valence-corrected chi connectivity index (χ1v) is 7.85. The second kappa shape index (κ2) is 6.73. The number of hydrogen-bond donors (Lipinski definition) is 1. The Hall–Kier alpha value is -2.49. The second-order valence-corrected chi connectivity index (χ2v) is 5.78. The molecule has 0 radical (unpaired) electrons. The molecule has 0 saturated heterocycles. The fourth-order valence-corrected chi connectivity index (χ4v) is 2.66. The monoisotopic (exact) mass is 312 g/mol. The summed E-state index contributed by atoms with van der Waals surface area (Å²) in [5, 5.41) is 9.81. The Balaban J connectivity index is 1.76. The average Bonchev–Trinajstić information content (AvgIpc) is 2.79. The van der Waals surface area contributed by atoms with Crippen LogP contribution in [0.5, 0.6) is 5.75 Å². The van der Waals surface area contributed by atoms with Gasteiger partial charge >= 0.3 is 0 Å². The minimum atomic E-state index is -0.204. The topological polar surface area (TPSA) is 55.8 Å². The number of ether oxygens (including phenoxy) is 2. The number of carbonyl (C=O) groups excluding carboxylic acids is 1. The minimum absolute atomic E-state index is 0.00775. The number of rotatable bonds is 3. The van der Waals surface area contributed by atoms with Crippen LogP contribution in [0.25, 0.3) is 0 Å². The fraction of sp³-hybridized carbons (Fsp3) is 0.316. The number of aryl methyl sites for hydroxylation is 1. The zero-order valence-corrected chi connectivity index (χ0v) is 13.2. The largest absolute Gasteiger partial charge is 0.507 e. The lowest BCUT2D eigenvalue weighted by molar-refractivity contribution is 0.104. The van der Waals surface area contributed by atoms with Crippen LogP contribution in [0.3, 0.4) is 0 Å². The maximum atomic E-state index is 12.3. The van der Waals surface area contributed by atoms with Crippen molar-refractivity contribution < 1.29 is 19.4 Å². The van der Waals surface area contributed by atoms with Crippen LogP contribution >= 0.6 is 0 Å². The van der Waals surface area contributed by atoms with E-state index in [4.69, 9.17) is 9.47 Å². The van der Waals surface area contributed by atoms with Gasteiger partial charge in [0.05, 0.1) is 18.8 Å². The molecule has 4 heteroatoms. The molecule has 4 nitrogen and oxygen atoms in total. The van der Waals surface area contributed by atoms with E-state index < -0.39 is 0 Å². The third kappa shape index (κ3) is 3.65. The highest BCUT2D eigenvalue weighted by Crippen LogP contribution is 2.28. The maximum Gasteiger partial charge on any atom is 0.189 e. The molecule has 23 heavy (non-hydrogen) atoms. The van der Waals surface area contributed by atoms with Crippen molar-refractivity contribution >= 4 is 5.78 Å². The van der Waals surface area contributed by atoms with Crippen molar-refractivity contribution in [3.63, 3.8) is 0 Å². The van der Waals surface area contributed by atoms with E-state index in [2.05, 4.69) is 0 Å². The van der Waals surface area contributed by atoms with Crippen molar-refractivity contribution in [3.8, 4) is 5.75 Å². The molecular formula is C19H20O4. The molecule has 1 aromatic rings. The summed E-state index contributed by atoms with van der Waals surface area (Å²) in [7, 11) is 0. The van der Waals surface area contributed by atoms with Crippen molar-refractivity contribution in [2.24, 2.45) is 0 Å². The number of phenols is 1. The summed E-state index contributed by atoms with van der Waals surface area (Å²) >= 11 is 0. The summed E-state index contributed by atoms with van der Waals surface area (Å²) in [6.07, 6.45) is 7.72. The second-order valence-electron chi connectivity index (χ2n) is 5.78. The summed E-state index contributed by atoms with van der Waals surface area (Å²) in [4.78, 5) is 12.3. The van der Waals surface area contributed by atoms with Gasteiger partial charge in [-0.25, -0.2) is 0 Å². The Bertz CT molecular complexity index is 710. The van der Waals surface area contributed by atoms with Gasteiger partial charge in [0.25, 0.3) is 0 Å². The number of aromatic hydroxyl groups is 1. The maximum absolute atomic E-state index is 12.3. The molecule has 1 aliphatic carbocycles. The highest BCUT2D eigenvalue weighted by atomic mass is 16.5. The van der Waals surface area contributed by atoms with Crippen molar-refractivity contribution in [2.75, 3.05) is 13.2 Å². The van der Waals surface area contributed by atoms with Gasteiger partial charge in [-0.3, -0.25) is 4.79 Å². The van der Waals surface area contributed by atoms with Crippen LogP contribution in [0.15, 0.2) is 53.5 Å². The smallest absolute Gasteiger partial charge is 0.189 e. The van der Waals surface area contributed by atoms with E-state index in [0.29, 0.717) is 18.8 Å². The molecule has 0 bridgehead atoms. The van der Waals surface area contributed by atoms with Gasteiger partial charge in [0.15, 0.2) is 11.5 Å². The lowest BCUT2D eigenvalue weighted by Crippen LogP contribution is -2.02. The predicted molar refractivity (Wildman–Crippen MR) is 87.2 cm³/mol. The highest BCUT2D eigenvalue weighted by Gasteiger charge is 2.17. The van der Waals surface area contributed by atoms with E-state index in [-0.39, 0.29) is 11.5 Å². The molecule has 1 aromatic carbocycles. The molecule has 0 fully saturated rings. The van der Waals surface area contributed by atoms with E-state index in [1.807, 2.05) is 13.0 Å². The van der Waals surface area contributed by atoms with Crippen molar-refractivity contribution in [2.45, 2.75) is 26.2 Å². The minimum Gasteiger partial charge on any atom is -0.507 e. The van der Waals surface area contributed by atoms with Crippen LogP contribution in [0, 0.1) is 6.92 Å². The van der Waals surface area contributed by atoms with Crippen LogP contribution in [0.1, 0.15) is 35.2 Å². The number of hydrogen-bond acceptors (Lipinski definition) is 4. The third-order valence-electron chi connectivity index (χ3n) is 3.92. The molecule has 1 N–H and O–H groups in total. The molecule has 0 amide bonds. The molecule has 0 unspecified atom stereocenters. The Morgan fingerprint density at radius 2 is 2.04 bits per heavy atom. The Kier molecular flexibility index (Phi) is 4.51. The van der Waals surface area contributed by atoms with Gasteiger partial charge in [-0.15, -0.1) is 0 Å². The van der Waals surface area contributed by atoms with Crippen LogP contribution in [-0.4, -0.2) is 24.1 Å². The van der Waals surface area contributed by atoms with Crippen LogP contribution in [0.4, 0.5) is 0 Å². The van der Waals surface area contributed by atoms with Gasteiger partial charge in [0.2, 0.25) is 0 Å². The molecule has 0 saturated carbocycles. The van der Waals surface area contributed by atoms with Crippen LogP contribution in [0.2, 0.25) is 0 Å². The van der Waals surface area contributed by atoms with E-state index in [1.165, 1.54) is 6.08 Å². The first-order valence-electron chi connectivity index (χ1n) is 7.85. The lowest BCUT2D eigenvalue weighted by atomic mass is 10.00. The number of phenolic OH excluding ortho intramolecular Hbond substituents is 1. The third-order valence-corrected chi connectivity index (χ3v) is 3.92. The van der Waals surface area contributed by atoms with Gasteiger partial charge in [0.1, 0.15) is 11.5 Å². The molecule has 0 aromatic heterocycles. The summed E-state index contributed by atoms with van der Waals surface area (Å²) in [5.74, 6) is 1.49. The zero-order chi connectivity index (χ0) is 16.2. The molecular weight excluding hydrogens is 292 g/mol. The molecule has 1 aliphatic heterocycles. The van der Waals surface area contributed by atoms with Crippen LogP contribution in [-0.2, 0) is 9.47 Å². The average molecular weight is 312 g/mol. The van der Waals surface area contributed by atoms with E-state index in [0.717, 1.165) is 41.9 Å². The van der Waals surface area contributed by atoms with Gasteiger partial charge in [0, 0.05) is 12.8 Å². The zero-order valence-electron chi connectivity index (χ0n) is 13.2. The molecule has 3 rings (SSSR count). The summed E-state index contributed by atoms with van der Waals surface area (Å²) < 4.78 is 11.3. The number of ketones is 1. The van der Waals surface area contributed by atoms with Gasteiger partial charge in [-0.1, -0.05) is 17.7 Å². The highest BCUT2D eigenvalue weighted by molar-refractivity contribution is 6.06. The Labute approximate surface area is 135 Å². The first-order chi connectivity index (χ1) is 11.1. The number of benzene rings is 1. The summed E-state index contributed by atoms with van der Waals surface area (Å²) in [6.45, 7) is 3.24. The SMILES string of the molecule is Cc1ccc(O)c(C(=O)C=CC2=CC3=C(CC2)OCCCO3)c1. The summed E-state index contributed by atoms with van der Waals surface area (Å²) in [6, 6.07) is 5.01. The lowest BCUT2D eigenvalue weighted by Gasteiger charge is -2.16. The van der Waals surface area contributed by atoms with E-state index in [1.54, 1.807) is 24.3 Å². The number of carbonyl (C=O) groups is 1. The van der Waals surface area contributed by atoms with Crippen molar-refractivity contribution in [1.82, 2.24) is 0 Å². The summed E-state index contributed by atoms with van der Waals surface area (Å²) in [5.41, 5.74) is 2.29. The molecule has 0 spiro atoms. The predicted octanol–water partition coefficient (Wildman–Crippen LogP) is 3.81. The van der Waals surface area contributed by atoms with Gasteiger partial charge < -0.3 is 14.6 Å². The fourth-order valence-electron chi connectivity index (χ4n) is 2.66. The van der Waals surface area contributed by atoms with Crippen molar-refractivity contribution in [1.29, 1.82) is 0 Å². The number of allylic oxidation sites excluding steroid dienone is 5. The Morgan fingerprint density at radius 1 is 1.22 bits per heavy atom. The molecule has 0 atom stereocenters. The van der Waals surface area contributed by atoms with E-state index >= 15 is 0 Å².